The predicted octanol–water partition coefficient (Wildman–Crippen LogP) is 0.810. The van der Waals surface area contributed by atoms with Crippen molar-refractivity contribution in [3.8, 4) is 0 Å². The van der Waals surface area contributed by atoms with Crippen molar-refractivity contribution < 1.29 is 13.5 Å². The fourth-order valence-electron chi connectivity index (χ4n) is 2.18. The van der Waals surface area contributed by atoms with Crippen molar-refractivity contribution in [3.05, 3.63) is 0 Å². The number of aliphatic hydroxyl groups excluding tert-OH is 1. The SMILES string of the molecule is CC1CCCCCN1S(=O)(=O)N(C)CCCO. The molecule has 0 aromatic carbocycles. The second-order valence-corrected chi connectivity index (χ2v) is 6.70. The standard InChI is InChI=1S/C11H24N2O3S/c1-11-7-4-3-5-9-13(11)17(15,16)12(2)8-6-10-14/h11,14H,3-10H2,1-2H3. The third-order valence-corrected chi connectivity index (χ3v) is 5.42. The largest absolute Gasteiger partial charge is 0.396 e. The van der Waals surface area contributed by atoms with Crippen LogP contribution in [0.3, 0.4) is 0 Å². The van der Waals surface area contributed by atoms with Crippen LogP contribution in [-0.4, -0.2) is 54.9 Å². The van der Waals surface area contributed by atoms with Gasteiger partial charge in [0.05, 0.1) is 0 Å². The van der Waals surface area contributed by atoms with Crippen molar-refractivity contribution in [2.24, 2.45) is 0 Å². The van der Waals surface area contributed by atoms with Crippen LogP contribution in [0.25, 0.3) is 0 Å². The Morgan fingerprint density at radius 3 is 2.71 bits per heavy atom. The molecule has 102 valence electrons. The molecular formula is C11H24N2O3S. The molecule has 1 unspecified atom stereocenters. The quantitative estimate of drug-likeness (QED) is 0.799. The van der Waals surface area contributed by atoms with Gasteiger partial charge in [-0.1, -0.05) is 12.8 Å². The third-order valence-electron chi connectivity index (χ3n) is 3.31. The van der Waals surface area contributed by atoms with Crippen LogP contribution in [0.4, 0.5) is 0 Å². The van der Waals surface area contributed by atoms with E-state index in [1.807, 2.05) is 6.92 Å². The summed E-state index contributed by atoms with van der Waals surface area (Å²) < 4.78 is 27.6. The highest BCUT2D eigenvalue weighted by Gasteiger charge is 2.31. The van der Waals surface area contributed by atoms with Crippen LogP contribution in [0.1, 0.15) is 39.0 Å². The summed E-state index contributed by atoms with van der Waals surface area (Å²) in [4.78, 5) is 0. The van der Waals surface area contributed by atoms with Crippen molar-refractivity contribution >= 4 is 10.2 Å². The second-order valence-electron chi connectivity index (χ2n) is 4.72. The van der Waals surface area contributed by atoms with E-state index in [2.05, 4.69) is 0 Å². The van der Waals surface area contributed by atoms with Crippen LogP contribution in [0.5, 0.6) is 0 Å². The predicted molar refractivity (Wildman–Crippen MR) is 67.9 cm³/mol. The van der Waals surface area contributed by atoms with E-state index in [0.29, 0.717) is 19.5 Å². The average Bonchev–Trinajstić information content (AvgIpc) is 2.50. The maximum absolute atomic E-state index is 12.3. The molecule has 6 heteroatoms. The van der Waals surface area contributed by atoms with Crippen LogP contribution in [0.15, 0.2) is 0 Å². The maximum atomic E-state index is 12.3. The molecule has 0 radical (unpaired) electrons. The first kappa shape index (κ1) is 14.9. The smallest absolute Gasteiger partial charge is 0.281 e. The van der Waals surface area contributed by atoms with Gasteiger partial charge in [-0.05, 0) is 26.2 Å². The lowest BCUT2D eigenvalue weighted by Gasteiger charge is -2.30. The molecule has 0 saturated carbocycles. The van der Waals surface area contributed by atoms with E-state index in [1.165, 1.54) is 4.31 Å². The van der Waals surface area contributed by atoms with Gasteiger partial charge in [0.2, 0.25) is 0 Å². The number of nitrogens with zero attached hydrogens (tertiary/aromatic N) is 2. The minimum atomic E-state index is -3.35. The number of aliphatic hydroxyl groups is 1. The highest BCUT2D eigenvalue weighted by Crippen LogP contribution is 2.21. The van der Waals surface area contributed by atoms with Gasteiger partial charge in [0.15, 0.2) is 0 Å². The van der Waals surface area contributed by atoms with Gasteiger partial charge < -0.3 is 5.11 Å². The van der Waals surface area contributed by atoms with E-state index in [1.54, 1.807) is 11.4 Å². The fraction of sp³-hybridized carbons (Fsp3) is 1.00. The van der Waals surface area contributed by atoms with Gasteiger partial charge in [-0.15, -0.1) is 0 Å². The number of hydrogen-bond donors (Lipinski definition) is 1. The first-order valence-corrected chi connectivity index (χ1v) is 7.74. The van der Waals surface area contributed by atoms with Crippen LogP contribution >= 0.6 is 0 Å². The molecule has 17 heavy (non-hydrogen) atoms. The molecule has 0 bridgehead atoms. The first-order chi connectivity index (χ1) is 8.00. The monoisotopic (exact) mass is 264 g/mol. The Balaban J connectivity index is 2.72. The molecule has 1 aliphatic heterocycles. The van der Waals surface area contributed by atoms with Gasteiger partial charge >= 0.3 is 0 Å². The lowest BCUT2D eigenvalue weighted by atomic mass is 10.1. The summed E-state index contributed by atoms with van der Waals surface area (Å²) in [6.07, 6.45) is 4.58. The van der Waals surface area contributed by atoms with Crippen molar-refractivity contribution in [2.45, 2.75) is 45.1 Å². The van der Waals surface area contributed by atoms with Crippen LogP contribution < -0.4 is 0 Å². The zero-order chi connectivity index (χ0) is 12.9. The Labute approximate surface area is 105 Å². The molecule has 0 spiro atoms. The van der Waals surface area contributed by atoms with E-state index in [9.17, 15) is 8.42 Å². The van der Waals surface area contributed by atoms with Gasteiger partial charge in [0.1, 0.15) is 0 Å². The summed E-state index contributed by atoms with van der Waals surface area (Å²) in [7, 11) is -1.77. The van der Waals surface area contributed by atoms with Crippen molar-refractivity contribution in [2.75, 3.05) is 26.7 Å². The van der Waals surface area contributed by atoms with Crippen molar-refractivity contribution in [3.63, 3.8) is 0 Å². The number of rotatable bonds is 5. The average molecular weight is 264 g/mol. The topological polar surface area (TPSA) is 60.9 Å². The molecule has 0 aliphatic carbocycles. The Morgan fingerprint density at radius 2 is 2.06 bits per heavy atom. The highest BCUT2D eigenvalue weighted by atomic mass is 32.2. The van der Waals surface area contributed by atoms with Crippen LogP contribution in [0.2, 0.25) is 0 Å². The van der Waals surface area contributed by atoms with Crippen molar-refractivity contribution in [1.82, 2.24) is 8.61 Å². The van der Waals surface area contributed by atoms with Gasteiger partial charge in [0, 0.05) is 32.8 Å². The third kappa shape index (κ3) is 3.91. The molecule has 1 saturated heterocycles. The summed E-state index contributed by atoms with van der Waals surface area (Å²) in [6.45, 7) is 2.99. The summed E-state index contributed by atoms with van der Waals surface area (Å²) in [5.41, 5.74) is 0. The zero-order valence-electron chi connectivity index (χ0n) is 10.8. The lowest BCUT2D eigenvalue weighted by Crippen LogP contribution is -2.46. The van der Waals surface area contributed by atoms with Gasteiger partial charge in [-0.3, -0.25) is 0 Å². The molecule has 0 aromatic heterocycles. The van der Waals surface area contributed by atoms with Crippen LogP contribution in [-0.2, 0) is 10.2 Å². The molecule has 1 aliphatic rings. The summed E-state index contributed by atoms with van der Waals surface area (Å²) in [6, 6.07) is 0.0825. The molecule has 0 aromatic rings. The Bertz CT molecular complexity index is 319. The lowest BCUT2D eigenvalue weighted by molar-refractivity contribution is 0.265. The maximum Gasteiger partial charge on any atom is 0.281 e. The van der Waals surface area contributed by atoms with E-state index in [4.69, 9.17) is 5.11 Å². The molecule has 1 N–H and O–H groups in total. The highest BCUT2D eigenvalue weighted by molar-refractivity contribution is 7.86. The first-order valence-electron chi connectivity index (χ1n) is 6.34. The minimum Gasteiger partial charge on any atom is -0.396 e. The molecule has 1 atom stereocenters. The molecule has 5 nitrogen and oxygen atoms in total. The Hall–Kier alpha value is -0.170. The second kappa shape index (κ2) is 6.68. The fourth-order valence-corrected chi connectivity index (χ4v) is 3.82. The van der Waals surface area contributed by atoms with E-state index >= 15 is 0 Å². The summed E-state index contributed by atoms with van der Waals surface area (Å²) in [5.74, 6) is 0. The zero-order valence-corrected chi connectivity index (χ0v) is 11.6. The van der Waals surface area contributed by atoms with Crippen LogP contribution in [0, 0.1) is 0 Å². The summed E-state index contributed by atoms with van der Waals surface area (Å²) >= 11 is 0. The molecule has 1 rings (SSSR count). The summed E-state index contributed by atoms with van der Waals surface area (Å²) in [5, 5.41) is 8.75. The molecule has 1 heterocycles. The molecule has 0 amide bonds. The van der Waals surface area contributed by atoms with E-state index < -0.39 is 10.2 Å². The number of hydrogen-bond acceptors (Lipinski definition) is 3. The van der Waals surface area contributed by atoms with E-state index in [0.717, 1.165) is 25.7 Å². The van der Waals surface area contributed by atoms with Gasteiger partial charge in [0.25, 0.3) is 10.2 Å². The normalized spacial score (nSPS) is 23.9. The molecule has 1 fully saturated rings. The van der Waals surface area contributed by atoms with E-state index in [-0.39, 0.29) is 12.6 Å². The van der Waals surface area contributed by atoms with Crippen molar-refractivity contribution in [1.29, 1.82) is 0 Å². The Morgan fingerprint density at radius 1 is 1.35 bits per heavy atom. The molecular weight excluding hydrogens is 240 g/mol. The van der Waals surface area contributed by atoms with Gasteiger partial charge in [-0.2, -0.15) is 17.0 Å². The Kier molecular flexibility index (Phi) is 5.85. The van der Waals surface area contributed by atoms with Gasteiger partial charge in [-0.25, -0.2) is 0 Å². The minimum absolute atomic E-state index is 0.0232.